The van der Waals surface area contributed by atoms with E-state index in [1.165, 1.54) is 19.3 Å². The summed E-state index contributed by atoms with van der Waals surface area (Å²) in [4.78, 5) is 0. The molecule has 0 bridgehead atoms. The van der Waals surface area contributed by atoms with Crippen molar-refractivity contribution >= 4 is 0 Å². The minimum absolute atomic E-state index is 0.374. The van der Waals surface area contributed by atoms with Crippen molar-refractivity contribution in [3.63, 3.8) is 0 Å². The van der Waals surface area contributed by atoms with Crippen molar-refractivity contribution in [3.8, 4) is 0 Å². The van der Waals surface area contributed by atoms with Crippen LogP contribution in [-0.2, 0) is 12.8 Å². The molecule has 0 saturated heterocycles. The lowest BCUT2D eigenvalue weighted by Gasteiger charge is -2.51. The summed E-state index contributed by atoms with van der Waals surface area (Å²) in [5.41, 5.74) is 4.01. The Kier molecular flexibility index (Phi) is 3.62. The molecule has 2 rings (SSSR count). The smallest absolute Gasteiger partial charge is 0.0276 e. The Morgan fingerprint density at radius 2 is 1.79 bits per heavy atom. The Bertz CT molecular complexity index is 445. The molecule has 19 heavy (non-hydrogen) atoms. The van der Waals surface area contributed by atoms with Gasteiger partial charge in [0.2, 0.25) is 0 Å². The number of hydrogen-bond donors (Lipinski definition) is 0. The number of nitrogens with zero attached hydrogens (tertiary/aromatic N) is 1. The van der Waals surface area contributed by atoms with Crippen molar-refractivity contribution < 1.29 is 0 Å². The van der Waals surface area contributed by atoms with Crippen LogP contribution in [-0.4, -0.2) is 4.57 Å². The van der Waals surface area contributed by atoms with Gasteiger partial charge in [-0.25, -0.2) is 0 Å². The first-order valence-electron chi connectivity index (χ1n) is 7.87. The molecule has 1 heterocycles. The zero-order valence-corrected chi connectivity index (χ0v) is 13.9. The van der Waals surface area contributed by atoms with Crippen LogP contribution in [0.25, 0.3) is 0 Å². The van der Waals surface area contributed by atoms with Gasteiger partial charge >= 0.3 is 0 Å². The largest absolute Gasteiger partial charge is 0.349 e. The zero-order chi connectivity index (χ0) is 14.4. The van der Waals surface area contributed by atoms with Crippen LogP contribution in [0.1, 0.15) is 72.2 Å². The maximum atomic E-state index is 2.47. The molecular formula is C18H31N. The maximum absolute atomic E-state index is 2.47. The molecule has 0 aromatic carbocycles. The molecule has 1 aliphatic carbocycles. The highest BCUT2D eigenvalue weighted by Gasteiger charge is 2.46. The fourth-order valence-corrected chi connectivity index (χ4v) is 4.23. The van der Waals surface area contributed by atoms with Gasteiger partial charge < -0.3 is 4.57 Å². The van der Waals surface area contributed by atoms with E-state index < -0.39 is 0 Å². The van der Waals surface area contributed by atoms with Crippen LogP contribution in [0.3, 0.4) is 0 Å². The summed E-state index contributed by atoms with van der Waals surface area (Å²) in [5.74, 6) is 0.739. The Morgan fingerprint density at radius 3 is 2.26 bits per heavy atom. The molecule has 0 spiro atoms. The lowest BCUT2D eigenvalue weighted by molar-refractivity contribution is 0.0141. The Labute approximate surface area is 119 Å². The van der Waals surface area contributed by atoms with Crippen molar-refractivity contribution in [2.24, 2.45) is 16.7 Å². The van der Waals surface area contributed by atoms with Crippen LogP contribution in [0.15, 0.2) is 12.3 Å². The van der Waals surface area contributed by atoms with Crippen LogP contribution in [0.5, 0.6) is 0 Å². The monoisotopic (exact) mass is 261 g/mol. The van der Waals surface area contributed by atoms with Gasteiger partial charge in [0.15, 0.2) is 0 Å². The van der Waals surface area contributed by atoms with Crippen LogP contribution in [0.4, 0.5) is 0 Å². The number of fused-ring (bicyclic) bond motifs is 1. The van der Waals surface area contributed by atoms with Crippen molar-refractivity contribution in [1.29, 1.82) is 0 Å². The number of aromatic nitrogens is 1. The van der Waals surface area contributed by atoms with Crippen LogP contribution >= 0.6 is 0 Å². The topological polar surface area (TPSA) is 4.93 Å². The maximum Gasteiger partial charge on any atom is 0.0276 e. The normalized spacial score (nSPS) is 24.1. The fourth-order valence-electron chi connectivity index (χ4n) is 4.23. The molecular weight excluding hydrogens is 230 g/mol. The minimum Gasteiger partial charge on any atom is -0.349 e. The zero-order valence-electron chi connectivity index (χ0n) is 13.9. The van der Waals surface area contributed by atoms with Gasteiger partial charge in [0.05, 0.1) is 0 Å². The van der Waals surface area contributed by atoms with Crippen LogP contribution < -0.4 is 0 Å². The standard InChI is InChI=1S/C18H31N/c1-13(2)18(17(5,6)7)10-8-16-15(12-18)9-11-19(16)14(3)4/h9,11,13-14H,8,10,12H2,1-7H3. The molecule has 0 amide bonds. The summed E-state index contributed by atoms with van der Waals surface area (Å²) in [6.07, 6.45) is 6.13. The first-order valence-corrected chi connectivity index (χ1v) is 7.87. The van der Waals surface area contributed by atoms with Gasteiger partial charge in [0.25, 0.3) is 0 Å². The van der Waals surface area contributed by atoms with Gasteiger partial charge in [-0.05, 0) is 61.5 Å². The second kappa shape index (κ2) is 4.68. The summed E-state index contributed by atoms with van der Waals surface area (Å²) in [6.45, 7) is 16.7. The van der Waals surface area contributed by atoms with Gasteiger partial charge in [-0.2, -0.15) is 0 Å². The molecule has 0 fully saturated rings. The van der Waals surface area contributed by atoms with E-state index >= 15 is 0 Å². The highest BCUT2D eigenvalue weighted by molar-refractivity contribution is 5.29. The van der Waals surface area contributed by atoms with E-state index in [0.29, 0.717) is 16.9 Å². The van der Waals surface area contributed by atoms with Crippen molar-refractivity contribution in [2.45, 2.75) is 73.8 Å². The molecule has 0 N–H and O–H groups in total. The first-order chi connectivity index (χ1) is 8.69. The van der Waals surface area contributed by atoms with E-state index in [2.05, 4.69) is 65.3 Å². The SMILES string of the molecule is CC(C)n1ccc2c1CCC(C(C)C)(C(C)(C)C)C2. The molecule has 1 nitrogen and oxygen atoms in total. The second-order valence-electron chi connectivity index (χ2n) is 8.03. The Balaban J connectivity index is 2.41. The van der Waals surface area contributed by atoms with E-state index in [9.17, 15) is 0 Å². The Morgan fingerprint density at radius 1 is 1.16 bits per heavy atom. The molecule has 108 valence electrons. The summed E-state index contributed by atoms with van der Waals surface area (Å²) >= 11 is 0. The minimum atomic E-state index is 0.374. The quantitative estimate of drug-likeness (QED) is 0.685. The fraction of sp³-hybridized carbons (Fsp3) is 0.778. The van der Waals surface area contributed by atoms with E-state index in [0.717, 1.165) is 5.92 Å². The molecule has 1 aromatic heterocycles. The third kappa shape index (κ3) is 2.26. The number of rotatable bonds is 2. The third-order valence-electron chi connectivity index (χ3n) is 5.59. The molecule has 0 aliphatic heterocycles. The molecule has 1 aliphatic rings. The van der Waals surface area contributed by atoms with E-state index in [1.54, 1.807) is 11.3 Å². The van der Waals surface area contributed by atoms with Gasteiger partial charge in [0, 0.05) is 17.9 Å². The van der Waals surface area contributed by atoms with Gasteiger partial charge in [-0.3, -0.25) is 0 Å². The molecule has 1 atom stereocenters. The number of hydrogen-bond acceptors (Lipinski definition) is 0. The van der Waals surface area contributed by atoms with Gasteiger partial charge in [-0.15, -0.1) is 0 Å². The van der Waals surface area contributed by atoms with Crippen molar-refractivity contribution in [1.82, 2.24) is 4.57 Å². The highest BCUT2D eigenvalue weighted by Crippen LogP contribution is 2.53. The average Bonchev–Trinajstić information content (AvgIpc) is 2.69. The van der Waals surface area contributed by atoms with Gasteiger partial charge in [-0.1, -0.05) is 34.6 Å². The molecule has 0 radical (unpaired) electrons. The lowest BCUT2D eigenvalue weighted by atomic mass is 9.54. The summed E-state index contributed by atoms with van der Waals surface area (Å²) in [7, 11) is 0. The summed E-state index contributed by atoms with van der Waals surface area (Å²) < 4.78 is 2.47. The summed E-state index contributed by atoms with van der Waals surface area (Å²) in [6, 6.07) is 2.96. The molecule has 0 saturated carbocycles. The first kappa shape index (κ1) is 14.7. The predicted octanol–water partition coefficient (Wildman–Crippen LogP) is 5.25. The van der Waals surface area contributed by atoms with E-state index in [1.807, 2.05) is 0 Å². The second-order valence-corrected chi connectivity index (χ2v) is 8.03. The van der Waals surface area contributed by atoms with Crippen molar-refractivity contribution in [2.75, 3.05) is 0 Å². The average molecular weight is 261 g/mol. The lowest BCUT2D eigenvalue weighted by Crippen LogP contribution is -2.45. The molecule has 1 heteroatoms. The van der Waals surface area contributed by atoms with Crippen molar-refractivity contribution in [3.05, 3.63) is 23.5 Å². The van der Waals surface area contributed by atoms with E-state index in [4.69, 9.17) is 0 Å². The Hall–Kier alpha value is -0.720. The summed E-state index contributed by atoms with van der Waals surface area (Å²) in [5, 5.41) is 0. The molecule has 1 aromatic rings. The third-order valence-corrected chi connectivity index (χ3v) is 5.59. The van der Waals surface area contributed by atoms with Crippen LogP contribution in [0.2, 0.25) is 0 Å². The van der Waals surface area contributed by atoms with Crippen LogP contribution in [0, 0.1) is 16.7 Å². The highest BCUT2D eigenvalue weighted by atomic mass is 15.0. The van der Waals surface area contributed by atoms with Gasteiger partial charge in [0.1, 0.15) is 0 Å². The molecule has 1 unspecified atom stereocenters. The predicted molar refractivity (Wildman–Crippen MR) is 83.6 cm³/mol. The van der Waals surface area contributed by atoms with E-state index in [-0.39, 0.29) is 0 Å².